The van der Waals surface area contributed by atoms with E-state index in [9.17, 15) is 14.4 Å². The van der Waals surface area contributed by atoms with Crippen LogP contribution in [0, 0.1) is 17.1 Å². The number of rotatable bonds is 4. The molecule has 0 fully saturated rings. The van der Waals surface area contributed by atoms with Crippen molar-refractivity contribution in [3.8, 4) is 11.9 Å². The van der Waals surface area contributed by atoms with E-state index in [1.54, 1.807) is 24.4 Å². The normalized spacial score (nSPS) is 10.2. The van der Waals surface area contributed by atoms with Crippen LogP contribution in [0.5, 0.6) is 0 Å². The Bertz CT molecular complexity index is 897. The largest absolute Gasteiger partial charge is 0.309 e. The van der Waals surface area contributed by atoms with E-state index in [1.165, 1.54) is 35.1 Å². The number of carbonyl (C=O) groups is 1. The smallest absolute Gasteiger partial charge is 0.229 e. The van der Waals surface area contributed by atoms with Gasteiger partial charge in [0.2, 0.25) is 5.91 Å². The molecule has 3 aromatic rings. The molecule has 1 aromatic carbocycles. The van der Waals surface area contributed by atoms with Gasteiger partial charge in [-0.2, -0.15) is 15.0 Å². The minimum atomic E-state index is -0.362. The highest BCUT2D eigenvalue weighted by Gasteiger charge is 2.15. The third-order valence-corrected chi connectivity index (χ3v) is 3.29. The number of pyridine rings is 1. The number of amides is 1. The summed E-state index contributed by atoms with van der Waals surface area (Å²) in [5, 5.41) is 16.0. The van der Waals surface area contributed by atoms with E-state index < -0.39 is 0 Å². The predicted octanol–water partition coefficient (Wildman–Crippen LogP) is 2.46. The lowest BCUT2D eigenvalue weighted by Crippen LogP contribution is -2.18. The molecule has 0 atom stereocenters. The van der Waals surface area contributed by atoms with Crippen LogP contribution in [0.3, 0.4) is 0 Å². The molecular weight excluding hydrogens is 309 g/mol. The summed E-state index contributed by atoms with van der Waals surface area (Å²) in [6.07, 6.45) is 3.01. The van der Waals surface area contributed by atoms with Crippen LogP contribution < -0.4 is 5.32 Å². The van der Waals surface area contributed by atoms with Crippen LogP contribution >= 0.6 is 0 Å². The van der Waals surface area contributed by atoms with Gasteiger partial charge in [0.05, 0.1) is 12.6 Å². The van der Waals surface area contributed by atoms with Gasteiger partial charge in [-0.05, 0) is 29.8 Å². The lowest BCUT2D eigenvalue weighted by molar-refractivity contribution is -0.115. The first-order chi connectivity index (χ1) is 11.7. The highest BCUT2D eigenvalue weighted by atomic mass is 19.1. The maximum Gasteiger partial charge on any atom is 0.229 e. The molecule has 0 unspecified atom stereocenters. The summed E-state index contributed by atoms with van der Waals surface area (Å²) >= 11 is 0. The van der Waals surface area contributed by atoms with Gasteiger partial charge < -0.3 is 5.32 Å². The summed E-state index contributed by atoms with van der Waals surface area (Å²) < 4.78 is 14.3. The molecule has 7 heteroatoms. The van der Waals surface area contributed by atoms with E-state index in [2.05, 4.69) is 15.4 Å². The molecule has 0 saturated carbocycles. The van der Waals surface area contributed by atoms with Gasteiger partial charge in [-0.25, -0.2) is 9.37 Å². The molecule has 1 N–H and O–H groups in total. The number of hydrogen-bond acceptors (Lipinski definition) is 4. The Morgan fingerprint density at radius 1 is 1.25 bits per heavy atom. The van der Waals surface area contributed by atoms with Crippen molar-refractivity contribution in [2.24, 2.45) is 0 Å². The van der Waals surface area contributed by atoms with Crippen LogP contribution in [0.1, 0.15) is 11.1 Å². The highest BCUT2D eigenvalue weighted by Crippen LogP contribution is 2.18. The molecule has 118 valence electrons. The summed E-state index contributed by atoms with van der Waals surface area (Å²) in [7, 11) is 0. The van der Waals surface area contributed by atoms with Crippen LogP contribution in [0.15, 0.2) is 54.9 Å². The van der Waals surface area contributed by atoms with Crippen molar-refractivity contribution in [3.63, 3.8) is 0 Å². The number of halogens is 1. The Kier molecular flexibility index (Phi) is 4.29. The van der Waals surface area contributed by atoms with Gasteiger partial charge in [0.15, 0.2) is 11.6 Å². The van der Waals surface area contributed by atoms with Gasteiger partial charge >= 0.3 is 0 Å². The monoisotopic (exact) mass is 321 g/mol. The van der Waals surface area contributed by atoms with Crippen molar-refractivity contribution in [2.45, 2.75) is 6.42 Å². The lowest BCUT2D eigenvalue weighted by atomic mass is 10.1. The number of benzene rings is 1. The van der Waals surface area contributed by atoms with E-state index in [0.717, 1.165) is 0 Å². The lowest BCUT2D eigenvalue weighted by Gasteiger charge is -2.09. The van der Waals surface area contributed by atoms with E-state index in [4.69, 9.17) is 0 Å². The number of nitrogens with one attached hydrogen (secondary N) is 1. The zero-order chi connectivity index (χ0) is 16.9. The Labute approximate surface area is 137 Å². The molecule has 6 nitrogen and oxygen atoms in total. The fourth-order valence-electron chi connectivity index (χ4n) is 2.17. The summed E-state index contributed by atoms with van der Waals surface area (Å²) in [4.78, 5) is 16.4. The van der Waals surface area contributed by atoms with E-state index >= 15 is 0 Å². The molecule has 0 aliphatic carbocycles. The second-order valence-corrected chi connectivity index (χ2v) is 4.97. The molecule has 2 aromatic heterocycles. The fraction of sp³-hybridized carbons (Fsp3) is 0.0588. The van der Waals surface area contributed by atoms with Gasteiger partial charge in [0.1, 0.15) is 17.4 Å². The molecule has 24 heavy (non-hydrogen) atoms. The Morgan fingerprint density at radius 2 is 2.04 bits per heavy atom. The predicted molar refractivity (Wildman–Crippen MR) is 84.8 cm³/mol. The second kappa shape index (κ2) is 6.71. The first-order valence-electron chi connectivity index (χ1n) is 7.11. The highest BCUT2D eigenvalue weighted by molar-refractivity contribution is 5.92. The summed E-state index contributed by atoms with van der Waals surface area (Å²) in [5.74, 6) is 0.0364. The fourth-order valence-corrected chi connectivity index (χ4v) is 2.17. The summed E-state index contributed by atoms with van der Waals surface area (Å²) in [6, 6.07) is 12.9. The minimum Gasteiger partial charge on any atom is -0.309 e. The van der Waals surface area contributed by atoms with Crippen molar-refractivity contribution in [1.29, 1.82) is 5.26 Å². The average Bonchev–Trinajstić information content (AvgIpc) is 3.00. The topological polar surface area (TPSA) is 83.6 Å². The SMILES string of the molecule is N#Cc1cnn(-c2ccccn2)c1NC(=O)Cc1ccc(F)cc1. The van der Waals surface area contributed by atoms with Crippen molar-refractivity contribution in [3.05, 3.63) is 71.8 Å². The number of hydrogen-bond donors (Lipinski definition) is 1. The van der Waals surface area contributed by atoms with Crippen LogP contribution in [0.4, 0.5) is 10.2 Å². The van der Waals surface area contributed by atoms with Gasteiger partial charge in [0, 0.05) is 6.20 Å². The summed E-state index contributed by atoms with van der Waals surface area (Å²) in [6.45, 7) is 0. The maximum absolute atomic E-state index is 12.9. The average molecular weight is 321 g/mol. The zero-order valence-electron chi connectivity index (χ0n) is 12.5. The van der Waals surface area contributed by atoms with E-state index in [0.29, 0.717) is 11.4 Å². The second-order valence-electron chi connectivity index (χ2n) is 4.97. The molecule has 0 aliphatic heterocycles. The maximum atomic E-state index is 12.9. The van der Waals surface area contributed by atoms with Crippen LogP contribution in [0.25, 0.3) is 5.82 Å². The quantitative estimate of drug-likeness (QED) is 0.800. The van der Waals surface area contributed by atoms with Gasteiger partial charge in [-0.15, -0.1) is 0 Å². The van der Waals surface area contributed by atoms with Crippen molar-refractivity contribution < 1.29 is 9.18 Å². The molecule has 0 bridgehead atoms. The Hall–Kier alpha value is -3.53. The molecule has 0 radical (unpaired) electrons. The van der Waals surface area contributed by atoms with Crippen LogP contribution in [-0.4, -0.2) is 20.7 Å². The first-order valence-corrected chi connectivity index (χ1v) is 7.11. The van der Waals surface area contributed by atoms with E-state index in [1.807, 2.05) is 6.07 Å². The third kappa shape index (κ3) is 3.28. The zero-order valence-corrected chi connectivity index (χ0v) is 12.5. The Balaban J connectivity index is 1.84. The number of nitriles is 1. The van der Waals surface area contributed by atoms with Crippen LogP contribution in [0.2, 0.25) is 0 Å². The minimum absolute atomic E-state index is 0.0541. The molecule has 1 amide bonds. The van der Waals surface area contributed by atoms with Crippen LogP contribution in [-0.2, 0) is 11.2 Å². The molecule has 2 heterocycles. The Morgan fingerprint density at radius 3 is 2.71 bits per heavy atom. The number of aromatic nitrogens is 3. The molecule has 3 rings (SSSR count). The molecule has 0 spiro atoms. The van der Waals surface area contributed by atoms with Crippen molar-refractivity contribution >= 4 is 11.7 Å². The third-order valence-electron chi connectivity index (χ3n) is 3.29. The first kappa shape index (κ1) is 15.4. The van der Waals surface area contributed by atoms with Gasteiger partial charge in [-0.3, -0.25) is 4.79 Å². The molecule has 0 saturated heterocycles. The number of anilines is 1. The number of carbonyl (C=O) groups excluding carboxylic acids is 1. The van der Waals surface area contributed by atoms with Gasteiger partial charge in [-0.1, -0.05) is 18.2 Å². The standard InChI is InChI=1S/C17H12FN5O/c18-14-6-4-12(5-7-14)9-16(24)22-17-13(10-19)11-21-23(17)15-3-1-2-8-20-15/h1-8,11H,9H2,(H,22,24). The molecule has 0 aliphatic rings. The number of nitrogens with zero attached hydrogens (tertiary/aromatic N) is 4. The van der Waals surface area contributed by atoms with Crippen molar-refractivity contribution in [2.75, 3.05) is 5.32 Å². The van der Waals surface area contributed by atoms with Crippen molar-refractivity contribution in [1.82, 2.24) is 14.8 Å². The molecular formula is C17H12FN5O. The summed E-state index contributed by atoms with van der Waals surface area (Å²) in [5.41, 5.74) is 0.893. The van der Waals surface area contributed by atoms with E-state index in [-0.39, 0.29) is 29.5 Å². The van der Waals surface area contributed by atoms with Gasteiger partial charge in [0.25, 0.3) is 0 Å².